The third-order valence-electron chi connectivity index (χ3n) is 9.62. The van der Waals surface area contributed by atoms with Crippen LogP contribution in [-0.2, 0) is 41.7 Å². The molecule has 6 rings (SSSR count). The maximum Gasteiger partial charge on any atom is 0.243 e. The number of ether oxygens (including phenoxy) is 4. The van der Waals surface area contributed by atoms with Crippen LogP contribution in [0.2, 0.25) is 0 Å². The number of aliphatic hydroxyl groups excluding tert-OH is 1. The zero-order valence-corrected chi connectivity index (χ0v) is 27.9. The summed E-state index contributed by atoms with van der Waals surface area (Å²) in [6, 6.07) is 24.3. The van der Waals surface area contributed by atoms with Crippen LogP contribution in [0.4, 0.5) is 0 Å². The number of amides is 2. The average molecular weight is 674 g/mol. The molecule has 262 valence electrons. The van der Waals surface area contributed by atoms with Crippen molar-refractivity contribution in [2.45, 2.75) is 82.4 Å². The number of likely N-dealkylation sites (tertiary alicyclic amines) is 1. The quantitative estimate of drug-likeness (QED) is 0.113. The van der Waals surface area contributed by atoms with Crippen molar-refractivity contribution >= 4 is 11.8 Å². The number of benzene rings is 3. The van der Waals surface area contributed by atoms with Crippen molar-refractivity contribution in [3.05, 3.63) is 95.1 Å². The highest BCUT2D eigenvalue weighted by atomic mass is 16.7. The van der Waals surface area contributed by atoms with Crippen molar-refractivity contribution in [1.29, 1.82) is 0 Å². The lowest BCUT2D eigenvalue weighted by Gasteiger charge is -2.41. The van der Waals surface area contributed by atoms with Crippen molar-refractivity contribution < 1.29 is 38.9 Å². The number of nitrogens with one attached hydrogen (secondary N) is 2. The van der Waals surface area contributed by atoms with Crippen LogP contribution >= 0.6 is 0 Å². The molecule has 0 bridgehead atoms. The molecule has 3 aromatic rings. The maximum atomic E-state index is 12.3. The SMILES string of the molecule is O=C(CCCCC(=O)NCc1cccc(-c2ccc([C@@H]3O[C@H](CN4CCC5(CC4)OCCO5)C[C@H](c4ccc(CO)cc4)O3)cc2)c1)NO. The van der Waals surface area contributed by atoms with Gasteiger partial charge in [-0.25, -0.2) is 5.48 Å². The van der Waals surface area contributed by atoms with Gasteiger partial charge < -0.3 is 34.3 Å². The normalized spacial score (nSPS) is 22.2. The van der Waals surface area contributed by atoms with E-state index in [2.05, 4.69) is 40.5 Å². The summed E-state index contributed by atoms with van der Waals surface area (Å²) >= 11 is 0. The molecule has 0 unspecified atom stereocenters. The number of hydrogen-bond donors (Lipinski definition) is 4. The molecule has 0 radical (unpaired) electrons. The fourth-order valence-corrected chi connectivity index (χ4v) is 6.79. The van der Waals surface area contributed by atoms with Crippen LogP contribution in [-0.4, -0.2) is 71.8 Å². The summed E-state index contributed by atoms with van der Waals surface area (Å²) in [5.74, 6) is -0.932. The van der Waals surface area contributed by atoms with E-state index in [1.807, 2.05) is 42.5 Å². The van der Waals surface area contributed by atoms with Crippen molar-refractivity contribution in [3.8, 4) is 11.1 Å². The summed E-state index contributed by atoms with van der Waals surface area (Å²) in [7, 11) is 0. The van der Waals surface area contributed by atoms with Gasteiger partial charge in [-0.3, -0.25) is 14.8 Å². The Hall–Kier alpha value is -3.68. The van der Waals surface area contributed by atoms with Gasteiger partial charge in [-0.05, 0) is 46.7 Å². The van der Waals surface area contributed by atoms with Gasteiger partial charge in [0.05, 0.1) is 32.0 Å². The van der Waals surface area contributed by atoms with E-state index in [0.29, 0.717) is 39.0 Å². The second-order valence-corrected chi connectivity index (χ2v) is 13.1. The van der Waals surface area contributed by atoms with E-state index in [1.54, 1.807) is 5.48 Å². The first-order valence-corrected chi connectivity index (χ1v) is 17.3. The largest absolute Gasteiger partial charge is 0.392 e. The van der Waals surface area contributed by atoms with Gasteiger partial charge in [0.15, 0.2) is 12.1 Å². The molecule has 0 saturated carbocycles. The smallest absolute Gasteiger partial charge is 0.243 e. The molecule has 11 heteroatoms. The lowest BCUT2D eigenvalue weighted by atomic mass is 9.98. The Morgan fingerprint density at radius 1 is 0.816 bits per heavy atom. The van der Waals surface area contributed by atoms with E-state index in [1.165, 1.54) is 0 Å². The first kappa shape index (κ1) is 35.2. The van der Waals surface area contributed by atoms with Gasteiger partial charge in [-0.15, -0.1) is 0 Å². The maximum absolute atomic E-state index is 12.3. The van der Waals surface area contributed by atoms with Gasteiger partial charge in [0.25, 0.3) is 0 Å². The Morgan fingerprint density at radius 2 is 1.51 bits per heavy atom. The molecule has 3 aliphatic heterocycles. The molecule has 3 heterocycles. The number of piperidine rings is 1. The summed E-state index contributed by atoms with van der Waals surface area (Å²) in [5.41, 5.74) is 7.55. The predicted octanol–water partition coefficient (Wildman–Crippen LogP) is 4.91. The van der Waals surface area contributed by atoms with Gasteiger partial charge in [0.1, 0.15) is 0 Å². The Labute approximate surface area is 287 Å². The van der Waals surface area contributed by atoms with Crippen LogP contribution in [0.5, 0.6) is 0 Å². The van der Waals surface area contributed by atoms with Crippen molar-refractivity contribution in [3.63, 3.8) is 0 Å². The second-order valence-electron chi connectivity index (χ2n) is 13.1. The number of unbranched alkanes of at least 4 members (excludes halogenated alkanes) is 1. The Bertz CT molecular complexity index is 1520. The fraction of sp³-hybridized carbons (Fsp3) is 0.474. The van der Waals surface area contributed by atoms with Crippen molar-refractivity contribution in [2.75, 3.05) is 32.8 Å². The molecule has 1 spiro atoms. The third-order valence-corrected chi connectivity index (χ3v) is 9.62. The number of carbonyl (C=O) groups excluding carboxylic acids is 2. The fourth-order valence-electron chi connectivity index (χ4n) is 6.79. The Kier molecular flexibility index (Phi) is 12.1. The molecule has 49 heavy (non-hydrogen) atoms. The topological polar surface area (TPSA) is 139 Å². The number of carbonyl (C=O) groups is 2. The lowest BCUT2D eigenvalue weighted by Crippen LogP contribution is -2.48. The van der Waals surface area contributed by atoms with Gasteiger partial charge in [-0.2, -0.15) is 0 Å². The highest BCUT2D eigenvalue weighted by molar-refractivity contribution is 5.76. The first-order valence-electron chi connectivity index (χ1n) is 17.3. The average Bonchev–Trinajstić information content (AvgIpc) is 3.61. The monoisotopic (exact) mass is 673 g/mol. The van der Waals surface area contributed by atoms with Gasteiger partial charge in [-0.1, -0.05) is 66.7 Å². The van der Waals surface area contributed by atoms with E-state index in [4.69, 9.17) is 24.2 Å². The van der Waals surface area contributed by atoms with Gasteiger partial charge >= 0.3 is 0 Å². The lowest BCUT2D eigenvalue weighted by molar-refractivity contribution is -0.255. The minimum absolute atomic E-state index is 0.00296. The molecular formula is C38H47N3O8. The predicted molar refractivity (Wildman–Crippen MR) is 181 cm³/mol. The van der Waals surface area contributed by atoms with Crippen molar-refractivity contribution in [1.82, 2.24) is 15.7 Å². The molecule has 11 nitrogen and oxygen atoms in total. The minimum atomic E-state index is -0.535. The molecular weight excluding hydrogens is 626 g/mol. The van der Waals surface area contributed by atoms with Gasteiger partial charge in [0.2, 0.25) is 11.8 Å². The Morgan fingerprint density at radius 3 is 2.20 bits per heavy atom. The summed E-state index contributed by atoms with van der Waals surface area (Å²) in [5, 5.41) is 21.1. The molecule has 0 aromatic heterocycles. The van der Waals surface area contributed by atoms with Crippen LogP contribution in [0.25, 0.3) is 11.1 Å². The molecule has 3 aliphatic rings. The van der Waals surface area contributed by atoms with Crippen LogP contribution in [0.1, 0.15) is 79.6 Å². The van der Waals surface area contributed by atoms with E-state index >= 15 is 0 Å². The van der Waals surface area contributed by atoms with Gasteiger partial charge in [0, 0.05) is 63.8 Å². The number of rotatable bonds is 13. The summed E-state index contributed by atoms with van der Waals surface area (Å²) in [4.78, 5) is 25.9. The first-order chi connectivity index (χ1) is 23.9. The highest BCUT2D eigenvalue weighted by Crippen LogP contribution is 2.39. The molecule has 3 aromatic carbocycles. The van der Waals surface area contributed by atoms with Crippen LogP contribution in [0.15, 0.2) is 72.8 Å². The number of hydrogen-bond acceptors (Lipinski definition) is 9. The molecule has 4 N–H and O–H groups in total. The summed E-state index contributed by atoms with van der Waals surface area (Å²) in [6.07, 6.45) is 3.33. The van der Waals surface area contributed by atoms with Crippen LogP contribution < -0.4 is 10.8 Å². The number of hydroxylamine groups is 1. The molecule has 0 aliphatic carbocycles. The highest BCUT2D eigenvalue weighted by Gasteiger charge is 2.41. The zero-order chi connectivity index (χ0) is 34.1. The van der Waals surface area contributed by atoms with Crippen molar-refractivity contribution in [2.24, 2.45) is 0 Å². The summed E-state index contributed by atoms with van der Waals surface area (Å²) < 4.78 is 25.1. The van der Waals surface area contributed by atoms with E-state index in [-0.39, 0.29) is 31.1 Å². The standard InChI is InChI=1S/C38H47N3O8/c42-26-27-8-10-30(11-9-27)34-23-33(25-41-18-16-38(17-19-41)46-20-21-47-38)48-37(49-34)31-14-12-29(13-15-31)32-5-3-4-28(22-32)24-39-35(43)6-1-2-7-36(44)40-45/h3-5,8-15,22,33-34,37,42,45H,1-2,6-7,16-21,23-26H2,(H,39,43)(H,40,44)/t33-,34+,37+/m0/s1. The number of aliphatic hydroxyl groups is 1. The summed E-state index contributed by atoms with van der Waals surface area (Å²) in [6.45, 7) is 4.33. The van der Waals surface area contributed by atoms with Crippen LogP contribution in [0.3, 0.4) is 0 Å². The molecule has 3 atom stereocenters. The third kappa shape index (κ3) is 9.52. The minimum Gasteiger partial charge on any atom is -0.392 e. The molecule has 3 saturated heterocycles. The van der Waals surface area contributed by atoms with E-state index in [9.17, 15) is 14.7 Å². The Balaban J connectivity index is 1.08. The molecule has 3 fully saturated rings. The molecule has 2 amide bonds. The van der Waals surface area contributed by atoms with Crippen LogP contribution in [0, 0.1) is 0 Å². The zero-order valence-electron chi connectivity index (χ0n) is 27.9. The van der Waals surface area contributed by atoms with E-state index in [0.717, 1.165) is 72.3 Å². The van der Waals surface area contributed by atoms with E-state index < -0.39 is 18.0 Å². The number of nitrogens with zero attached hydrogens (tertiary/aromatic N) is 1. The second kappa shape index (κ2) is 16.8.